The predicted molar refractivity (Wildman–Crippen MR) is 45.5 cm³/mol. The number of fused-ring (bicyclic) bond motifs is 1. The molecule has 0 spiro atoms. The number of hydrogen-bond donors (Lipinski definition) is 3. The van der Waals surface area contributed by atoms with Crippen LogP contribution in [0.1, 0.15) is 16.1 Å². The van der Waals surface area contributed by atoms with E-state index in [2.05, 4.69) is 10.3 Å². The lowest BCUT2D eigenvalue weighted by Crippen LogP contribution is -2.31. The van der Waals surface area contributed by atoms with Crippen LogP contribution in [0.5, 0.6) is 0 Å². The van der Waals surface area contributed by atoms with Gasteiger partial charge >= 0.3 is 0 Å². The lowest BCUT2D eigenvalue weighted by molar-refractivity contribution is -0.122. The fourth-order valence-corrected chi connectivity index (χ4v) is 1.22. The first-order valence-corrected chi connectivity index (χ1v) is 3.82. The topological polar surface area (TPSA) is 82.2 Å². The summed E-state index contributed by atoms with van der Waals surface area (Å²) < 4.78 is 0. The molecule has 3 N–H and O–H groups in total. The van der Waals surface area contributed by atoms with Gasteiger partial charge in [0, 0.05) is 24.9 Å². The highest BCUT2D eigenvalue weighted by Crippen LogP contribution is 2.10. The molecule has 1 aliphatic heterocycles. The highest BCUT2D eigenvalue weighted by molar-refractivity contribution is 5.96. The van der Waals surface area contributed by atoms with Crippen LogP contribution in [-0.2, 0) is 11.2 Å². The predicted octanol–water partition coefficient (Wildman–Crippen LogP) is 0.00140. The van der Waals surface area contributed by atoms with Crippen LogP contribution in [0.2, 0.25) is 0 Å². The normalized spacial score (nSPS) is 13.4. The SMILES string of the molecule is O=C1NCCc2[nH]ccc21.O=CO. The van der Waals surface area contributed by atoms with Crippen molar-refractivity contribution in [1.29, 1.82) is 0 Å². The minimum absolute atomic E-state index is 0.0440. The maximum absolute atomic E-state index is 11.0. The molecule has 0 aromatic carbocycles. The molecular formula is C8H10N2O3. The zero-order valence-electron chi connectivity index (χ0n) is 6.91. The average molecular weight is 182 g/mol. The number of aromatic nitrogens is 1. The Balaban J connectivity index is 0.000000251. The van der Waals surface area contributed by atoms with E-state index in [1.165, 1.54) is 0 Å². The van der Waals surface area contributed by atoms with Gasteiger partial charge in [0.1, 0.15) is 0 Å². The summed E-state index contributed by atoms with van der Waals surface area (Å²) in [7, 11) is 0. The molecule has 70 valence electrons. The quantitative estimate of drug-likeness (QED) is 0.494. The third-order valence-corrected chi connectivity index (χ3v) is 1.74. The van der Waals surface area contributed by atoms with Gasteiger partial charge in [0.15, 0.2) is 0 Å². The maximum Gasteiger partial charge on any atom is 0.290 e. The van der Waals surface area contributed by atoms with Crippen molar-refractivity contribution in [3.8, 4) is 0 Å². The van der Waals surface area contributed by atoms with Crippen molar-refractivity contribution >= 4 is 12.4 Å². The smallest absolute Gasteiger partial charge is 0.290 e. The third-order valence-electron chi connectivity index (χ3n) is 1.74. The van der Waals surface area contributed by atoms with Crippen LogP contribution in [-0.4, -0.2) is 29.0 Å². The Morgan fingerprint density at radius 3 is 2.85 bits per heavy atom. The molecule has 0 saturated heterocycles. The second kappa shape index (κ2) is 4.30. The first-order valence-electron chi connectivity index (χ1n) is 3.82. The number of rotatable bonds is 0. The first-order chi connectivity index (χ1) is 6.29. The molecule has 5 nitrogen and oxygen atoms in total. The van der Waals surface area contributed by atoms with Crippen molar-refractivity contribution in [3.63, 3.8) is 0 Å². The molecule has 1 aliphatic rings. The average Bonchev–Trinajstić information content (AvgIpc) is 2.54. The van der Waals surface area contributed by atoms with Gasteiger partial charge in [-0.3, -0.25) is 9.59 Å². The van der Waals surface area contributed by atoms with Crippen molar-refractivity contribution < 1.29 is 14.7 Å². The van der Waals surface area contributed by atoms with Gasteiger partial charge in [0.2, 0.25) is 0 Å². The fraction of sp³-hybridized carbons (Fsp3) is 0.250. The Kier molecular flexibility index (Phi) is 3.08. The molecule has 1 aromatic heterocycles. The fourth-order valence-electron chi connectivity index (χ4n) is 1.22. The van der Waals surface area contributed by atoms with Crippen LogP contribution < -0.4 is 5.32 Å². The van der Waals surface area contributed by atoms with E-state index in [0.29, 0.717) is 0 Å². The number of aromatic amines is 1. The van der Waals surface area contributed by atoms with Gasteiger partial charge in [-0.1, -0.05) is 0 Å². The van der Waals surface area contributed by atoms with Gasteiger partial charge in [-0.2, -0.15) is 0 Å². The standard InChI is InChI=1S/C7H8N2O.CH2O2/c10-7-5-1-3-8-6(5)2-4-9-7;2-1-3/h1,3,8H,2,4H2,(H,9,10);1H,(H,2,3). The summed E-state index contributed by atoms with van der Waals surface area (Å²) in [6.45, 7) is 0.506. The lowest BCUT2D eigenvalue weighted by Gasteiger charge is -2.10. The summed E-state index contributed by atoms with van der Waals surface area (Å²) in [5.74, 6) is 0.0440. The molecular weight excluding hydrogens is 172 g/mol. The van der Waals surface area contributed by atoms with Crippen LogP contribution in [0.3, 0.4) is 0 Å². The molecule has 13 heavy (non-hydrogen) atoms. The van der Waals surface area contributed by atoms with Crippen molar-refractivity contribution in [1.82, 2.24) is 10.3 Å². The molecule has 2 rings (SSSR count). The second-order valence-electron chi connectivity index (χ2n) is 2.48. The summed E-state index contributed by atoms with van der Waals surface area (Å²) >= 11 is 0. The van der Waals surface area contributed by atoms with Crippen molar-refractivity contribution in [2.24, 2.45) is 0 Å². The zero-order valence-corrected chi connectivity index (χ0v) is 6.91. The third kappa shape index (κ3) is 2.08. The molecule has 5 heteroatoms. The van der Waals surface area contributed by atoms with Gasteiger partial charge in [-0.05, 0) is 6.07 Å². The molecule has 1 amide bonds. The van der Waals surface area contributed by atoms with Crippen LogP contribution in [0.25, 0.3) is 0 Å². The monoisotopic (exact) mass is 182 g/mol. The van der Waals surface area contributed by atoms with Crippen LogP contribution >= 0.6 is 0 Å². The highest BCUT2D eigenvalue weighted by Gasteiger charge is 2.15. The van der Waals surface area contributed by atoms with E-state index in [9.17, 15) is 4.79 Å². The molecule has 0 atom stereocenters. The van der Waals surface area contributed by atoms with Crippen molar-refractivity contribution in [3.05, 3.63) is 23.5 Å². The van der Waals surface area contributed by atoms with Gasteiger partial charge in [0.05, 0.1) is 5.56 Å². The van der Waals surface area contributed by atoms with E-state index >= 15 is 0 Å². The number of carboxylic acid groups (broad SMARTS) is 1. The number of amides is 1. The van der Waals surface area contributed by atoms with Gasteiger partial charge in [-0.15, -0.1) is 0 Å². The van der Waals surface area contributed by atoms with Gasteiger partial charge in [-0.25, -0.2) is 0 Å². The molecule has 0 fully saturated rings. The number of carbonyl (C=O) groups is 2. The lowest BCUT2D eigenvalue weighted by atomic mass is 10.1. The van der Waals surface area contributed by atoms with Gasteiger partial charge < -0.3 is 15.4 Å². The molecule has 0 saturated carbocycles. The Bertz CT molecular complexity index is 306. The summed E-state index contributed by atoms with van der Waals surface area (Å²) in [6, 6.07) is 1.81. The first kappa shape index (κ1) is 9.31. The molecule has 0 unspecified atom stereocenters. The van der Waals surface area contributed by atoms with E-state index in [1.807, 2.05) is 6.07 Å². The van der Waals surface area contributed by atoms with E-state index in [1.54, 1.807) is 6.20 Å². The zero-order chi connectivity index (χ0) is 9.68. The Morgan fingerprint density at radius 2 is 2.23 bits per heavy atom. The van der Waals surface area contributed by atoms with Crippen molar-refractivity contribution in [2.45, 2.75) is 6.42 Å². The number of hydrogen-bond acceptors (Lipinski definition) is 2. The minimum atomic E-state index is -0.250. The number of carbonyl (C=O) groups excluding carboxylic acids is 1. The van der Waals surface area contributed by atoms with Gasteiger partial charge in [0.25, 0.3) is 12.4 Å². The van der Waals surface area contributed by atoms with E-state index in [0.717, 1.165) is 24.2 Å². The van der Waals surface area contributed by atoms with Crippen LogP contribution in [0.15, 0.2) is 12.3 Å². The summed E-state index contributed by atoms with van der Waals surface area (Å²) in [5.41, 5.74) is 1.86. The number of nitrogens with one attached hydrogen (secondary N) is 2. The molecule has 0 radical (unpaired) electrons. The number of H-pyrrole nitrogens is 1. The van der Waals surface area contributed by atoms with E-state index < -0.39 is 0 Å². The second-order valence-corrected chi connectivity index (χ2v) is 2.48. The summed E-state index contributed by atoms with van der Waals surface area (Å²) in [6.07, 6.45) is 2.73. The maximum atomic E-state index is 11.0. The molecule has 2 heterocycles. The van der Waals surface area contributed by atoms with Crippen molar-refractivity contribution in [2.75, 3.05) is 6.54 Å². The molecule has 0 bridgehead atoms. The van der Waals surface area contributed by atoms with Crippen LogP contribution in [0, 0.1) is 0 Å². The van der Waals surface area contributed by atoms with Crippen LogP contribution in [0.4, 0.5) is 0 Å². The summed E-state index contributed by atoms with van der Waals surface area (Å²) in [5, 5.41) is 9.65. The molecule has 0 aliphatic carbocycles. The highest BCUT2D eigenvalue weighted by atomic mass is 16.3. The van der Waals surface area contributed by atoms with E-state index in [-0.39, 0.29) is 12.4 Å². The van der Waals surface area contributed by atoms with E-state index in [4.69, 9.17) is 9.90 Å². The Labute approximate surface area is 74.8 Å². The Hall–Kier alpha value is -1.78. The minimum Gasteiger partial charge on any atom is -0.483 e. The molecule has 1 aromatic rings. The Morgan fingerprint density at radius 1 is 1.54 bits per heavy atom. The largest absolute Gasteiger partial charge is 0.483 e. The summed E-state index contributed by atoms with van der Waals surface area (Å²) in [4.78, 5) is 22.4.